The molecule has 0 atom stereocenters. The van der Waals surface area contributed by atoms with Crippen LogP contribution in [0.4, 0.5) is 0 Å². The summed E-state index contributed by atoms with van der Waals surface area (Å²) in [5.74, 6) is 0. The van der Waals surface area contributed by atoms with Gasteiger partial charge in [0.2, 0.25) is 0 Å². The van der Waals surface area contributed by atoms with Gasteiger partial charge in [0.05, 0.1) is 0 Å². The Kier molecular flexibility index (Phi) is 2.68. The van der Waals surface area contributed by atoms with Gasteiger partial charge in [-0.15, -0.1) is 4.95 Å². The lowest BCUT2D eigenvalue weighted by Gasteiger charge is -1.68. The maximum atomic E-state index is 6.20. The summed E-state index contributed by atoms with van der Waals surface area (Å²) >= 11 is 0. The normalized spacial score (nSPS) is 7.67. The van der Waals surface area contributed by atoms with Crippen LogP contribution in [-0.2, 0) is 10.7 Å². The summed E-state index contributed by atoms with van der Waals surface area (Å²) in [6.45, 7) is 6.20. The van der Waals surface area contributed by atoms with Crippen molar-refractivity contribution in [1.82, 2.24) is 0 Å². The van der Waals surface area contributed by atoms with Crippen LogP contribution in [0.2, 0.25) is 0 Å². The second-order valence-electron chi connectivity index (χ2n) is 0.955. The first kappa shape index (κ1) is 5.64. The number of hydrogen-bond acceptors (Lipinski definition) is 1. The molecule has 0 aliphatic carbocycles. The predicted octanol–water partition coefficient (Wildman–Crippen LogP) is 0.882. The third-order valence-corrected chi connectivity index (χ3v) is 0.612. The van der Waals surface area contributed by atoms with Crippen LogP contribution in [0, 0.1) is 6.57 Å². The van der Waals surface area contributed by atoms with E-state index in [1.807, 2.05) is 12.5 Å². The fourth-order valence-electron chi connectivity index (χ4n) is 0.0816. The van der Waals surface area contributed by atoms with Gasteiger partial charge in [-0.1, -0.05) is 0 Å². The molecule has 0 radical (unpaired) electrons. The summed E-state index contributed by atoms with van der Waals surface area (Å²) in [6, 6.07) is 0. The van der Waals surface area contributed by atoms with Crippen molar-refractivity contribution < 1.29 is 0 Å². The van der Waals surface area contributed by atoms with E-state index in [0.29, 0.717) is 0 Å². The van der Waals surface area contributed by atoms with Crippen molar-refractivity contribution in [2.75, 3.05) is 12.5 Å². The van der Waals surface area contributed by atoms with Gasteiger partial charge >= 0.3 is 0 Å². The van der Waals surface area contributed by atoms with Crippen LogP contribution in [0.25, 0.3) is 4.95 Å². The van der Waals surface area contributed by atoms with Gasteiger partial charge in [0.25, 0.3) is 0 Å². The molecule has 0 fully saturated rings. The SMILES string of the molecule is [C-]#[N+]N=S(C)C. The molecule has 0 aromatic rings. The third kappa shape index (κ3) is 3.64. The molecule has 2 nitrogen and oxygen atoms in total. The zero-order chi connectivity index (χ0) is 4.99. The van der Waals surface area contributed by atoms with Gasteiger partial charge in [0.1, 0.15) is 4.47 Å². The van der Waals surface area contributed by atoms with Crippen LogP contribution in [0.1, 0.15) is 0 Å². The zero-order valence-electron chi connectivity index (χ0n) is 3.80. The second kappa shape index (κ2) is 2.86. The highest BCUT2D eigenvalue weighted by Gasteiger charge is 1.69. The minimum absolute atomic E-state index is 0.0448. The first-order chi connectivity index (χ1) is 2.77. The molecule has 0 aliphatic heterocycles. The fourth-order valence-corrected chi connectivity index (χ4v) is 0.245. The summed E-state index contributed by atoms with van der Waals surface area (Å²) in [6.07, 6.45) is 3.80. The molecular formula is C3H6N2S. The Labute approximate surface area is 40.1 Å². The summed E-state index contributed by atoms with van der Waals surface area (Å²) < 4.78 is 3.44. The van der Waals surface area contributed by atoms with Crippen molar-refractivity contribution in [1.29, 1.82) is 0 Å². The summed E-state index contributed by atoms with van der Waals surface area (Å²) in [5, 5.41) is 0. The molecule has 0 amide bonds. The Morgan fingerprint density at radius 3 is 2.17 bits per heavy atom. The van der Waals surface area contributed by atoms with E-state index in [-0.39, 0.29) is 10.7 Å². The Morgan fingerprint density at radius 2 is 2.17 bits per heavy atom. The molecule has 3 heteroatoms. The van der Waals surface area contributed by atoms with E-state index < -0.39 is 0 Å². The van der Waals surface area contributed by atoms with Crippen molar-refractivity contribution in [3.63, 3.8) is 0 Å². The average molecular weight is 102 g/mol. The number of rotatable bonds is 0. The molecule has 0 saturated carbocycles. The maximum absolute atomic E-state index is 6.20. The third-order valence-electron chi connectivity index (χ3n) is 0.204. The van der Waals surface area contributed by atoms with Crippen LogP contribution in [0.15, 0.2) is 4.47 Å². The van der Waals surface area contributed by atoms with Crippen molar-refractivity contribution in [2.24, 2.45) is 4.47 Å². The highest BCUT2D eigenvalue weighted by Crippen LogP contribution is 1.73. The standard InChI is InChI=1S/C3H6N2S/c1-4-5-6(2)3/h2-3H3. The van der Waals surface area contributed by atoms with E-state index in [1.54, 1.807) is 0 Å². The van der Waals surface area contributed by atoms with Crippen LogP contribution < -0.4 is 0 Å². The summed E-state index contributed by atoms with van der Waals surface area (Å²) in [5.41, 5.74) is 0. The minimum Gasteiger partial charge on any atom is -0.181 e. The monoisotopic (exact) mass is 102 g/mol. The van der Waals surface area contributed by atoms with Crippen LogP contribution in [-0.4, -0.2) is 12.5 Å². The Balaban J connectivity index is 3.51. The molecule has 0 saturated heterocycles. The molecule has 6 heavy (non-hydrogen) atoms. The van der Waals surface area contributed by atoms with E-state index in [1.165, 1.54) is 0 Å². The maximum Gasteiger partial charge on any atom is 0.114 e. The Bertz CT molecular complexity index is 95.9. The molecule has 0 bridgehead atoms. The van der Waals surface area contributed by atoms with Gasteiger partial charge in [0, 0.05) is 0 Å². The molecular weight excluding hydrogens is 96.1 g/mol. The molecule has 0 spiro atoms. The van der Waals surface area contributed by atoms with Gasteiger partial charge in [0.15, 0.2) is 0 Å². The van der Waals surface area contributed by atoms with Gasteiger partial charge in [-0.05, 0) is 23.2 Å². The number of hydrogen-bond donors (Lipinski definition) is 0. The lowest BCUT2D eigenvalue weighted by Crippen LogP contribution is -1.71. The van der Waals surface area contributed by atoms with Crippen LogP contribution in [0.5, 0.6) is 0 Å². The van der Waals surface area contributed by atoms with Crippen molar-refractivity contribution in [3.05, 3.63) is 11.5 Å². The number of nitrogens with zero attached hydrogens (tertiary/aromatic N) is 2. The molecule has 0 aliphatic rings. The molecule has 0 N–H and O–H groups in total. The van der Waals surface area contributed by atoms with E-state index in [2.05, 4.69) is 9.43 Å². The lowest BCUT2D eigenvalue weighted by atomic mass is 11.8. The Morgan fingerprint density at radius 1 is 1.67 bits per heavy atom. The van der Waals surface area contributed by atoms with Gasteiger partial charge in [-0.25, -0.2) is 0 Å². The van der Waals surface area contributed by atoms with E-state index in [9.17, 15) is 0 Å². The van der Waals surface area contributed by atoms with E-state index >= 15 is 0 Å². The lowest BCUT2D eigenvalue weighted by molar-refractivity contribution is 1.64. The van der Waals surface area contributed by atoms with Crippen molar-refractivity contribution in [2.45, 2.75) is 0 Å². The smallest absolute Gasteiger partial charge is 0.114 e. The van der Waals surface area contributed by atoms with Crippen molar-refractivity contribution in [3.8, 4) is 0 Å². The minimum atomic E-state index is -0.0448. The Hall–Kier alpha value is -0.360. The predicted molar refractivity (Wildman–Crippen MR) is 28.2 cm³/mol. The average Bonchev–Trinajstić information content (AvgIpc) is 1.35. The molecule has 0 rings (SSSR count). The topological polar surface area (TPSA) is 16.7 Å². The molecule has 0 aromatic heterocycles. The fraction of sp³-hybridized carbons (Fsp3) is 0.667. The zero-order valence-corrected chi connectivity index (χ0v) is 4.62. The second-order valence-corrected chi connectivity index (χ2v) is 2.67. The van der Waals surface area contributed by atoms with Crippen LogP contribution >= 0.6 is 0 Å². The largest absolute Gasteiger partial charge is 0.181 e. The molecule has 0 heterocycles. The molecule has 0 unspecified atom stereocenters. The summed E-state index contributed by atoms with van der Waals surface area (Å²) in [7, 11) is -0.0448. The molecule has 34 valence electrons. The van der Waals surface area contributed by atoms with Gasteiger partial charge in [-0.2, -0.15) is 6.57 Å². The first-order valence-corrected chi connectivity index (χ1v) is 3.42. The highest BCUT2D eigenvalue weighted by atomic mass is 32.2. The van der Waals surface area contributed by atoms with Crippen molar-refractivity contribution >= 4 is 10.7 Å². The first-order valence-electron chi connectivity index (χ1n) is 1.42. The van der Waals surface area contributed by atoms with Crippen LogP contribution in [0.3, 0.4) is 0 Å². The molecule has 0 aromatic carbocycles. The van der Waals surface area contributed by atoms with Gasteiger partial charge in [-0.3, -0.25) is 0 Å². The van der Waals surface area contributed by atoms with Gasteiger partial charge < -0.3 is 0 Å². The highest BCUT2D eigenvalue weighted by molar-refractivity contribution is 7.85. The quantitative estimate of drug-likeness (QED) is 0.319. The van der Waals surface area contributed by atoms with E-state index in [0.717, 1.165) is 0 Å². The summed E-state index contributed by atoms with van der Waals surface area (Å²) in [4.78, 5) is 2.82. The van der Waals surface area contributed by atoms with E-state index in [4.69, 9.17) is 6.57 Å².